The SMILES string of the molecule is CCOC(=O)Cn1c(Sc2nc3cccc(OC)c3s2)nc2c(N)ncnc21. The number of hydrogen-bond acceptors (Lipinski definition) is 10. The Bertz CT molecular complexity index is 1170. The maximum atomic E-state index is 12.1. The molecule has 11 heteroatoms. The van der Waals surface area contributed by atoms with Crippen molar-refractivity contribution in [2.45, 2.75) is 23.0 Å². The average molecular weight is 416 g/mol. The van der Waals surface area contributed by atoms with Gasteiger partial charge in [0.25, 0.3) is 0 Å². The molecule has 0 radical (unpaired) electrons. The van der Waals surface area contributed by atoms with Gasteiger partial charge in [-0.1, -0.05) is 6.07 Å². The molecular formula is C17H16N6O3S2. The molecule has 0 atom stereocenters. The number of carbonyl (C=O) groups is 1. The molecule has 0 fully saturated rings. The standard InChI is InChI=1S/C17H16N6O3S2/c1-3-26-11(24)7-23-15-12(14(18)19-8-20-15)22-16(23)28-17-21-9-5-4-6-10(25-2)13(9)27-17/h4-6,8H,3,7H2,1-2H3,(H2,18,19,20). The molecule has 3 heterocycles. The number of esters is 1. The van der Waals surface area contributed by atoms with Gasteiger partial charge in [-0.3, -0.25) is 9.36 Å². The molecule has 9 nitrogen and oxygen atoms in total. The van der Waals surface area contributed by atoms with Crippen LogP contribution >= 0.6 is 23.1 Å². The number of thiazole rings is 1. The molecule has 0 amide bonds. The number of nitrogens with two attached hydrogens (primary N) is 1. The highest BCUT2D eigenvalue weighted by molar-refractivity contribution is 8.01. The minimum Gasteiger partial charge on any atom is -0.495 e. The van der Waals surface area contributed by atoms with Crippen LogP contribution in [-0.4, -0.2) is 44.2 Å². The molecule has 0 saturated carbocycles. The van der Waals surface area contributed by atoms with E-state index in [1.807, 2.05) is 18.2 Å². The highest BCUT2D eigenvalue weighted by atomic mass is 32.2. The summed E-state index contributed by atoms with van der Waals surface area (Å²) in [5.41, 5.74) is 7.68. The number of rotatable bonds is 6. The fourth-order valence-electron chi connectivity index (χ4n) is 2.68. The van der Waals surface area contributed by atoms with Crippen LogP contribution in [-0.2, 0) is 16.1 Å². The zero-order valence-corrected chi connectivity index (χ0v) is 16.7. The number of hydrogen-bond donors (Lipinski definition) is 1. The van der Waals surface area contributed by atoms with Crippen molar-refractivity contribution in [2.24, 2.45) is 0 Å². The fraction of sp³-hybridized carbons (Fsp3) is 0.235. The lowest BCUT2D eigenvalue weighted by Crippen LogP contribution is -2.14. The lowest BCUT2D eigenvalue weighted by Gasteiger charge is -2.06. The van der Waals surface area contributed by atoms with E-state index in [0.29, 0.717) is 22.9 Å². The normalized spacial score (nSPS) is 11.2. The second-order valence-corrected chi connectivity index (χ2v) is 7.82. The van der Waals surface area contributed by atoms with Gasteiger partial charge < -0.3 is 15.2 Å². The summed E-state index contributed by atoms with van der Waals surface area (Å²) < 4.78 is 13.8. The van der Waals surface area contributed by atoms with Gasteiger partial charge in [0.1, 0.15) is 18.6 Å². The van der Waals surface area contributed by atoms with E-state index in [1.165, 1.54) is 29.4 Å². The Morgan fingerprint density at radius 2 is 2.18 bits per heavy atom. The van der Waals surface area contributed by atoms with Gasteiger partial charge in [0.05, 0.1) is 23.9 Å². The number of nitrogen functional groups attached to an aromatic ring is 1. The Morgan fingerprint density at radius 1 is 1.32 bits per heavy atom. The van der Waals surface area contributed by atoms with E-state index in [-0.39, 0.29) is 18.3 Å². The minimum absolute atomic E-state index is 0.0304. The molecule has 0 bridgehead atoms. The summed E-state index contributed by atoms with van der Waals surface area (Å²) in [7, 11) is 1.63. The van der Waals surface area contributed by atoms with Crippen LogP contribution < -0.4 is 10.5 Å². The van der Waals surface area contributed by atoms with Crippen molar-refractivity contribution in [1.82, 2.24) is 24.5 Å². The predicted molar refractivity (Wildman–Crippen MR) is 107 cm³/mol. The van der Waals surface area contributed by atoms with Gasteiger partial charge in [-0.05, 0) is 30.8 Å². The van der Waals surface area contributed by atoms with Crippen molar-refractivity contribution < 1.29 is 14.3 Å². The lowest BCUT2D eigenvalue weighted by molar-refractivity contribution is -0.143. The van der Waals surface area contributed by atoms with E-state index >= 15 is 0 Å². The van der Waals surface area contributed by atoms with E-state index in [0.717, 1.165) is 20.3 Å². The van der Waals surface area contributed by atoms with E-state index < -0.39 is 0 Å². The lowest BCUT2D eigenvalue weighted by atomic mass is 10.3. The number of fused-ring (bicyclic) bond motifs is 2. The van der Waals surface area contributed by atoms with Crippen molar-refractivity contribution in [3.8, 4) is 5.75 Å². The fourth-order valence-corrected chi connectivity index (χ4v) is 4.80. The van der Waals surface area contributed by atoms with Crippen LogP contribution in [0.3, 0.4) is 0 Å². The number of benzene rings is 1. The van der Waals surface area contributed by atoms with Crippen molar-refractivity contribution >= 4 is 56.3 Å². The topological polar surface area (TPSA) is 118 Å². The quantitative estimate of drug-likeness (QED) is 0.473. The van der Waals surface area contributed by atoms with Crippen LogP contribution in [0.5, 0.6) is 5.75 Å². The van der Waals surface area contributed by atoms with Crippen LogP contribution in [0.2, 0.25) is 0 Å². The average Bonchev–Trinajstić information content (AvgIpc) is 3.24. The third-order valence-corrected chi connectivity index (χ3v) is 6.02. The Hall–Kier alpha value is -2.92. The largest absolute Gasteiger partial charge is 0.495 e. The van der Waals surface area contributed by atoms with Gasteiger partial charge in [-0.2, -0.15) is 0 Å². The monoisotopic (exact) mass is 416 g/mol. The van der Waals surface area contributed by atoms with E-state index in [2.05, 4.69) is 19.9 Å². The Balaban J connectivity index is 1.77. The summed E-state index contributed by atoms with van der Waals surface area (Å²) >= 11 is 2.81. The van der Waals surface area contributed by atoms with E-state index in [9.17, 15) is 4.79 Å². The van der Waals surface area contributed by atoms with Gasteiger partial charge in [0.15, 0.2) is 26.5 Å². The van der Waals surface area contributed by atoms with Gasteiger partial charge in [-0.15, -0.1) is 11.3 Å². The molecule has 28 heavy (non-hydrogen) atoms. The summed E-state index contributed by atoms with van der Waals surface area (Å²) in [6.45, 7) is 2.02. The number of ether oxygens (including phenoxy) is 2. The van der Waals surface area contributed by atoms with Gasteiger partial charge in [0.2, 0.25) is 0 Å². The molecule has 4 rings (SSSR count). The van der Waals surface area contributed by atoms with E-state index in [1.54, 1.807) is 18.6 Å². The van der Waals surface area contributed by atoms with E-state index in [4.69, 9.17) is 15.2 Å². The van der Waals surface area contributed by atoms with Crippen molar-refractivity contribution in [1.29, 1.82) is 0 Å². The van der Waals surface area contributed by atoms with Crippen molar-refractivity contribution in [3.05, 3.63) is 24.5 Å². The molecule has 2 N–H and O–H groups in total. The first-order valence-electron chi connectivity index (χ1n) is 8.34. The molecule has 144 valence electrons. The Labute approximate surface area is 167 Å². The number of anilines is 1. The summed E-state index contributed by atoms with van der Waals surface area (Å²) in [5, 5.41) is 0.535. The minimum atomic E-state index is -0.383. The molecule has 4 aromatic rings. The summed E-state index contributed by atoms with van der Waals surface area (Å²) in [6.07, 6.45) is 1.35. The van der Waals surface area contributed by atoms with Crippen molar-refractivity contribution in [2.75, 3.05) is 19.5 Å². The molecule has 0 spiro atoms. The summed E-state index contributed by atoms with van der Waals surface area (Å²) in [4.78, 5) is 29.5. The first-order valence-corrected chi connectivity index (χ1v) is 9.97. The molecule has 0 aliphatic heterocycles. The second kappa shape index (κ2) is 7.60. The molecule has 0 unspecified atom stereocenters. The molecule has 1 aromatic carbocycles. The maximum Gasteiger partial charge on any atom is 0.326 e. The predicted octanol–water partition coefficient (Wildman–Crippen LogP) is 2.74. The molecule has 0 saturated heterocycles. The third kappa shape index (κ3) is 3.34. The highest BCUT2D eigenvalue weighted by Crippen LogP contribution is 2.38. The number of methoxy groups -OCH3 is 1. The van der Waals surface area contributed by atoms with Gasteiger partial charge in [0, 0.05) is 0 Å². The van der Waals surface area contributed by atoms with Crippen molar-refractivity contribution in [3.63, 3.8) is 0 Å². The summed E-state index contributed by atoms with van der Waals surface area (Å²) in [6, 6.07) is 5.70. The molecule has 0 aliphatic rings. The number of aromatic nitrogens is 5. The van der Waals surface area contributed by atoms with Crippen LogP contribution in [0.1, 0.15) is 6.92 Å². The highest BCUT2D eigenvalue weighted by Gasteiger charge is 2.20. The first kappa shape index (κ1) is 18.4. The summed E-state index contributed by atoms with van der Waals surface area (Å²) in [5.74, 6) is 0.629. The number of nitrogens with zero attached hydrogens (tertiary/aromatic N) is 5. The first-order chi connectivity index (χ1) is 13.6. The zero-order valence-electron chi connectivity index (χ0n) is 15.1. The van der Waals surface area contributed by atoms with Crippen LogP contribution in [0.15, 0.2) is 34.0 Å². The molecular weight excluding hydrogens is 400 g/mol. The molecule has 3 aromatic heterocycles. The smallest absolute Gasteiger partial charge is 0.326 e. The van der Waals surface area contributed by atoms with Crippen LogP contribution in [0, 0.1) is 0 Å². The van der Waals surface area contributed by atoms with Crippen LogP contribution in [0.4, 0.5) is 5.82 Å². The second-order valence-electron chi connectivity index (χ2n) is 5.61. The van der Waals surface area contributed by atoms with Gasteiger partial charge in [-0.25, -0.2) is 19.9 Å². The Morgan fingerprint density at radius 3 is 2.96 bits per heavy atom. The number of imidazole rings is 1. The third-order valence-electron chi connectivity index (χ3n) is 3.88. The zero-order chi connectivity index (χ0) is 19.7. The molecule has 0 aliphatic carbocycles. The van der Waals surface area contributed by atoms with Gasteiger partial charge >= 0.3 is 5.97 Å². The van der Waals surface area contributed by atoms with Crippen LogP contribution in [0.25, 0.3) is 21.4 Å². The Kier molecular flexibility index (Phi) is 5.01. The maximum absolute atomic E-state index is 12.1. The number of carbonyl (C=O) groups excluding carboxylic acids is 1.